The average molecular weight is 293 g/mol. The molecule has 0 N–H and O–H groups in total. The number of hydrogen-bond acceptors (Lipinski definition) is 5. The quantitative estimate of drug-likeness (QED) is 0.820. The highest BCUT2D eigenvalue weighted by atomic mass is 16.5. The Kier molecular flexibility index (Phi) is 3.99. The SMILES string of the molecule is CC(C)c1cc(C(=O)N2C[C@@H]3COC[C@H](C2)N(C)C3)no1. The maximum Gasteiger partial charge on any atom is 0.276 e. The summed E-state index contributed by atoms with van der Waals surface area (Å²) in [5.74, 6) is 1.33. The summed E-state index contributed by atoms with van der Waals surface area (Å²) < 4.78 is 10.9. The second kappa shape index (κ2) is 5.77. The Hall–Kier alpha value is -1.40. The van der Waals surface area contributed by atoms with Crippen molar-refractivity contribution in [3.63, 3.8) is 0 Å². The van der Waals surface area contributed by atoms with Gasteiger partial charge in [0.1, 0.15) is 5.76 Å². The highest BCUT2D eigenvalue weighted by molar-refractivity contribution is 5.92. The lowest BCUT2D eigenvalue weighted by molar-refractivity contribution is 0.0427. The second-order valence-corrected chi connectivity index (χ2v) is 6.48. The molecular weight excluding hydrogens is 270 g/mol. The lowest BCUT2D eigenvalue weighted by atomic mass is 10.1. The zero-order valence-electron chi connectivity index (χ0n) is 12.9. The third-order valence-electron chi connectivity index (χ3n) is 4.35. The minimum Gasteiger partial charge on any atom is -0.379 e. The molecule has 0 radical (unpaired) electrons. The van der Waals surface area contributed by atoms with Crippen molar-refractivity contribution in [1.82, 2.24) is 15.0 Å². The van der Waals surface area contributed by atoms with E-state index in [-0.39, 0.29) is 17.9 Å². The number of aromatic nitrogens is 1. The monoisotopic (exact) mass is 293 g/mol. The first-order chi connectivity index (χ1) is 10.0. The minimum atomic E-state index is -0.0298. The summed E-state index contributed by atoms with van der Waals surface area (Å²) in [5.41, 5.74) is 0.419. The van der Waals surface area contributed by atoms with Gasteiger partial charge < -0.3 is 14.2 Å². The molecule has 0 aromatic carbocycles. The highest BCUT2D eigenvalue weighted by Gasteiger charge is 2.34. The maximum absolute atomic E-state index is 12.7. The molecule has 0 saturated carbocycles. The summed E-state index contributed by atoms with van der Waals surface area (Å²) in [5, 5.41) is 3.95. The zero-order valence-corrected chi connectivity index (χ0v) is 12.9. The number of likely N-dealkylation sites (N-methyl/N-ethyl adjacent to an activating group) is 1. The Morgan fingerprint density at radius 2 is 2.14 bits per heavy atom. The molecule has 2 saturated heterocycles. The van der Waals surface area contributed by atoms with Gasteiger partial charge >= 0.3 is 0 Å². The molecule has 0 unspecified atom stereocenters. The molecule has 21 heavy (non-hydrogen) atoms. The van der Waals surface area contributed by atoms with Crippen LogP contribution in [0.2, 0.25) is 0 Å². The first-order valence-electron chi connectivity index (χ1n) is 7.58. The van der Waals surface area contributed by atoms with E-state index in [1.807, 2.05) is 18.7 Å². The van der Waals surface area contributed by atoms with Gasteiger partial charge in [0.2, 0.25) is 0 Å². The van der Waals surface area contributed by atoms with Gasteiger partial charge in [0.25, 0.3) is 5.91 Å². The number of fused-ring (bicyclic) bond motifs is 3. The first kappa shape index (κ1) is 14.5. The van der Waals surface area contributed by atoms with E-state index in [1.165, 1.54) is 0 Å². The standard InChI is InChI=1S/C15H23N3O3/c1-10(2)14-4-13(16-21-14)15(19)18-6-11-5-17(3)12(7-18)9-20-8-11/h4,10-12H,5-9H2,1-3H3/t11-,12+/m1/s1. The maximum atomic E-state index is 12.7. The zero-order chi connectivity index (χ0) is 15.0. The van der Waals surface area contributed by atoms with Gasteiger partial charge in [0.15, 0.2) is 5.69 Å². The Balaban J connectivity index is 1.77. The average Bonchev–Trinajstić information content (AvgIpc) is 2.78. The van der Waals surface area contributed by atoms with Crippen molar-refractivity contribution < 1.29 is 14.1 Å². The molecule has 1 aromatic heterocycles. The van der Waals surface area contributed by atoms with Crippen LogP contribution in [0, 0.1) is 5.92 Å². The fourth-order valence-corrected chi connectivity index (χ4v) is 3.04. The molecule has 2 bridgehead atoms. The van der Waals surface area contributed by atoms with E-state index >= 15 is 0 Å². The van der Waals surface area contributed by atoms with Crippen molar-refractivity contribution in [3.8, 4) is 0 Å². The molecule has 3 heterocycles. The van der Waals surface area contributed by atoms with Gasteiger partial charge in [-0.25, -0.2) is 0 Å². The third kappa shape index (κ3) is 2.96. The third-order valence-corrected chi connectivity index (χ3v) is 4.35. The lowest BCUT2D eigenvalue weighted by Gasteiger charge is -2.29. The number of nitrogens with zero attached hydrogens (tertiary/aromatic N) is 3. The highest BCUT2D eigenvalue weighted by Crippen LogP contribution is 2.21. The Morgan fingerprint density at radius 1 is 1.33 bits per heavy atom. The molecule has 6 nitrogen and oxygen atoms in total. The van der Waals surface area contributed by atoms with E-state index in [0.717, 1.165) is 25.5 Å². The number of carbonyl (C=O) groups excluding carboxylic acids is 1. The molecule has 2 aliphatic rings. The molecule has 2 aliphatic heterocycles. The summed E-state index contributed by atoms with van der Waals surface area (Å²) in [7, 11) is 2.10. The summed E-state index contributed by atoms with van der Waals surface area (Å²) in [4.78, 5) is 16.9. The summed E-state index contributed by atoms with van der Waals surface area (Å²) >= 11 is 0. The van der Waals surface area contributed by atoms with Gasteiger partial charge in [0, 0.05) is 37.5 Å². The topological polar surface area (TPSA) is 58.8 Å². The minimum absolute atomic E-state index is 0.0298. The smallest absolute Gasteiger partial charge is 0.276 e. The molecule has 0 spiro atoms. The van der Waals surface area contributed by atoms with E-state index < -0.39 is 0 Å². The van der Waals surface area contributed by atoms with Crippen molar-refractivity contribution in [2.75, 3.05) is 39.9 Å². The summed E-state index contributed by atoms with van der Waals surface area (Å²) in [6.07, 6.45) is 0. The van der Waals surface area contributed by atoms with Gasteiger partial charge in [-0.05, 0) is 7.05 Å². The van der Waals surface area contributed by atoms with Crippen LogP contribution in [0.5, 0.6) is 0 Å². The molecule has 2 atom stereocenters. The van der Waals surface area contributed by atoms with Crippen LogP contribution in [0.1, 0.15) is 36.0 Å². The predicted molar refractivity (Wildman–Crippen MR) is 77.2 cm³/mol. The molecule has 1 aromatic rings. The van der Waals surface area contributed by atoms with Crippen LogP contribution in [0.15, 0.2) is 10.6 Å². The van der Waals surface area contributed by atoms with Crippen molar-refractivity contribution >= 4 is 5.91 Å². The van der Waals surface area contributed by atoms with E-state index in [0.29, 0.717) is 24.8 Å². The fraction of sp³-hybridized carbons (Fsp3) is 0.733. The van der Waals surface area contributed by atoms with E-state index in [2.05, 4.69) is 17.1 Å². The van der Waals surface area contributed by atoms with Gasteiger partial charge in [0.05, 0.1) is 19.3 Å². The number of carbonyl (C=O) groups is 1. The van der Waals surface area contributed by atoms with Crippen LogP contribution in [-0.4, -0.2) is 66.8 Å². The van der Waals surface area contributed by atoms with Gasteiger partial charge in [-0.15, -0.1) is 0 Å². The van der Waals surface area contributed by atoms with Crippen molar-refractivity contribution in [3.05, 3.63) is 17.5 Å². The number of amides is 1. The van der Waals surface area contributed by atoms with Crippen LogP contribution in [0.25, 0.3) is 0 Å². The molecule has 2 fully saturated rings. The van der Waals surface area contributed by atoms with Gasteiger partial charge in [-0.2, -0.15) is 0 Å². The van der Waals surface area contributed by atoms with Crippen molar-refractivity contribution in [2.24, 2.45) is 5.92 Å². The predicted octanol–water partition coefficient (Wildman–Crippen LogP) is 1.20. The number of hydrogen-bond donors (Lipinski definition) is 0. The second-order valence-electron chi connectivity index (χ2n) is 6.48. The summed E-state index contributed by atoms with van der Waals surface area (Å²) in [6, 6.07) is 2.03. The van der Waals surface area contributed by atoms with Gasteiger partial charge in [-0.3, -0.25) is 9.69 Å². The van der Waals surface area contributed by atoms with Crippen LogP contribution in [0.4, 0.5) is 0 Å². The molecule has 3 rings (SSSR count). The normalized spacial score (nSPS) is 27.0. The largest absolute Gasteiger partial charge is 0.379 e. The van der Waals surface area contributed by atoms with Crippen LogP contribution in [0.3, 0.4) is 0 Å². The van der Waals surface area contributed by atoms with E-state index in [9.17, 15) is 4.79 Å². The Bertz CT molecular complexity index is 514. The summed E-state index contributed by atoms with van der Waals surface area (Å²) in [6.45, 7) is 7.85. The first-order valence-corrected chi connectivity index (χ1v) is 7.58. The van der Waals surface area contributed by atoms with E-state index in [4.69, 9.17) is 9.26 Å². The lowest BCUT2D eigenvalue weighted by Crippen LogP contribution is -2.44. The van der Waals surface area contributed by atoms with Crippen LogP contribution >= 0.6 is 0 Å². The molecular formula is C15H23N3O3. The number of ether oxygens (including phenoxy) is 1. The van der Waals surface area contributed by atoms with Crippen LogP contribution < -0.4 is 0 Å². The molecule has 0 aliphatic carbocycles. The van der Waals surface area contributed by atoms with Crippen molar-refractivity contribution in [1.29, 1.82) is 0 Å². The Morgan fingerprint density at radius 3 is 2.86 bits per heavy atom. The molecule has 6 heteroatoms. The molecule has 116 valence electrons. The van der Waals surface area contributed by atoms with E-state index in [1.54, 1.807) is 6.07 Å². The van der Waals surface area contributed by atoms with Crippen molar-refractivity contribution in [2.45, 2.75) is 25.8 Å². The van der Waals surface area contributed by atoms with Crippen LogP contribution in [-0.2, 0) is 4.74 Å². The fourth-order valence-electron chi connectivity index (χ4n) is 3.04. The number of rotatable bonds is 2. The van der Waals surface area contributed by atoms with Gasteiger partial charge in [-0.1, -0.05) is 19.0 Å². The Labute approximate surface area is 125 Å². The molecule has 1 amide bonds.